The highest BCUT2D eigenvalue weighted by Gasteiger charge is 2.13. The van der Waals surface area contributed by atoms with Crippen molar-refractivity contribution in [1.82, 2.24) is 0 Å². The summed E-state index contributed by atoms with van der Waals surface area (Å²) in [4.78, 5) is 22.0. The van der Waals surface area contributed by atoms with Crippen LogP contribution in [0.1, 0.15) is 26.3 Å². The van der Waals surface area contributed by atoms with Crippen LogP contribution in [0.4, 0.5) is 0 Å². The summed E-state index contributed by atoms with van der Waals surface area (Å²) >= 11 is 5.87. The minimum atomic E-state index is -1.11. The molecule has 0 aliphatic heterocycles. The molecule has 0 spiro atoms. The fourth-order valence-corrected chi connectivity index (χ4v) is 2.09. The zero-order valence-electron chi connectivity index (χ0n) is 11.7. The minimum absolute atomic E-state index is 0.00917. The fourth-order valence-electron chi connectivity index (χ4n) is 1.93. The second-order valence-electron chi connectivity index (χ2n) is 4.42. The second-order valence-corrected chi connectivity index (χ2v) is 4.86. The fraction of sp³-hybridized carbons (Fsp3) is 0.125. The maximum atomic E-state index is 11.2. The van der Waals surface area contributed by atoms with Crippen molar-refractivity contribution in [3.63, 3.8) is 0 Å². The van der Waals surface area contributed by atoms with Crippen LogP contribution < -0.4 is 9.47 Å². The van der Waals surface area contributed by atoms with E-state index in [9.17, 15) is 9.59 Å². The van der Waals surface area contributed by atoms with Gasteiger partial charge in [0.15, 0.2) is 0 Å². The van der Waals surface area contributed by atoms with Crippen LogP contribution in [0.25, 0.3) is 0 Å². The van der Waals surface area contributed by atoms with Gasteiger partial charge < -0.3 is 14.6 Å². The summed E-state index contributed by atoms with van der Waals surface area (Å²) in [7, 11) is 1.50. The second kappa shape index (κ2) is 6.95. The quantitative estimate of drug-likeness (QED) is 0.825. The number of aromatic carboxylic acids is 1. The van der Waals surface area contributed by atoms with Crippen molar-refractivity contribution >= 4 is 23.9 Å². The van der Waals surface area contributed by atoms with Crippen molar-refractivity contribution in [3.8, 4) is 11.5 Å². The van der Waals surface area contributed by atoms with Crippen LogP contribution >= 0.6 is 11.6 Å². The molecule has 0 atom stereocenters. The predicted octanol–water partition coefficient (Wildman–Crippen LogP) is 3.44. The summed E-state index contributed by atoms with van der Waals surface area (Å²) in [6.07, 6.45) is 0.713. The predicted molar refractivity (Wildman–Crippen MR) is 81.1 cm³/mol. The van der Waals surface area contributed by atoms with Gasteiger partial charge in [0.25, 0.3) is 0 Å². The Morgan fingerprint density at radius 3 is 2.64 bits per heavy atom. The Morgan fingerprint density at radius 2 is 2.00 bits per heavy atom. The van der Waals surface area contributed by atoms with Crippen LogP contribution in [0.5, 0.6) is 11.5 Å². The molecule has 0 unspecified atom stereocenters. The number of halogens is 1. The van der Waals surface area contributed by atoms with Crippen LogP contribution in [-0.4, -0.2) is 24.5 Å². The standard InChI is InChI=1S/C16H13ClO5/c1-21-14-5-2-10(8-18)6-11(14)9-22-15-7-12(17)3-4-13(15)16(19)20/h2-8H,9H2,1H3,(H,19,20). The molecule has 1 N–H and O–H groups in total. The molecule has 2 rings (SSSR count). The first kappa shape index (κ1) is 15.9. The third-order valence-corrected chi connectivity index (χ3v) is 3.23. The highest BCUT2D eigenvalue weighted by atomic mass is 35.5. The molecular weight excluding hydrogens is 308 g/mol. The lowest BCUT2D eigenvalue weighted by Crippen LogP contribution is -2.05. The monoisotopic (exact) mass is 320 g/mol. The van der Waals surface area contributed by atoms with Crippen molar-refractivity contribution < 1.29 is 24.2 Å². The van der Waals surface area contributed by atoms with Crippen molar-refractivity contribution in [3.05, 3.63) is 58.1 Å². The molecule has 22 heavy (non-hydrogen) atoms. The van der Waals surface area contributed by atoms with Gasteiger partial charge in [-0.15, -0.1) is 0 Å². The number of rotatable bonds is 6. The van der Waals surface area contributed by atoms with Crippen LogP contribution in [0.15, 0.2) is 36.4 Å². The molecule has 0 fully saturated rings. The van der Waals surface area contributed by atoms with Gasteiger partial charge in [0, 0.05) is 16.1 Å². The van der Waals surface area contributed by atoms with E-state index in [1.165, 1.54) is 25.3 Å². The van der Waals surface area contributed by atoms with Gasteiger partial charge in [-0.2, -0.15) is 0 Å². The Kier molecular flexibility index (Phi) is 5.01. The molecule has 2 aromatic carbocycles. The average Bonchev–Trinajstić information content (AvgIpc) is 2.52. The van der Waals surface area contributed by atoms with E-state index in [0.29, 0.717) is 28.2 Å². The van der Waals surface area contributed by atoms with Crippen molar-refractivity contribution in [2.45, 2.75) is 6.61 Å². The highest BCUT2D eigenvalue weighted by Crippen LogP contribution is 2.26. The lowest BCUT2D eigenvalue weighted by atomic mass is 10.1. The topological polar surface area (TPSA) is 72.8 Å². The molecule has 0 radical (unpaired) electrons. The van der Waals surface area contributed by atoms with E-state index in [4.69, 9.17) is 26.2 Å². The molecule has 0 bridgehead atoms. The number of benzene rings is 2. The maximum Gasteiger partial charge on any atom is 0.339 e. The summed E-state index contributed by atoms with van der Waals surface area (Å²) in [5, 5.41) is 9.51. The van der Waals surface area contributed by atoms with Crippen LogP contribution in [0, 0.1) is 0 Å². The molecule has 0 aliphatic carbocycles. The van der Waals surface area contributed by atoms with E-state index in [2.05, 4.69) is 0 Å². The normalized spacial score (nSPS) is 10.1. The Balaban J connectivity index is 2.28. The van der Waals surface area contributed by atoms with Crippen LogP contribution in [0.2, 0.25) is 5.02 Å². The van der Waals surface area contributed by atoms with E-state index in [0.717, 1.165) is 0 Å². The zero-order chi connectivity index (χ0) is 16.1. The number of methoxy groups -OCH3 is 1. The van der Waals surface area contributed by atoms with Gasteiger partial charge in [-0.1, -0.05) is 11.6 Å². The highest BCUT2D eigenvalue weighted by molar-refractivity contribution is 6.30. The zero-order valence-corrected chi connectivity index (χ0v) is 12.5. The number of carbonyl (C=O) groups excluding carboxylic acids is 1. The molecule has 0 aliphatic rings. The number of hydrogen-bond acceptors (Lipinski definition) is 4. The molecular formula is C16H13ClO5. The first-order chi connectivity index (χ1) is 10.5. The lowest BCUT2D eigenvalue weighted by molar-refractivity contribution is 0.0691. The molecule has 2 aromatic rings. The van der Waals surface area contributed by atoms with Gasteiger partial charge in [0.1, 0.15) is 30.0 Å². The number of carboxylic acids is 1. The third kappa shape index (κ3) is 3.56. The average molecular weight is 321 g/mol. The Hall–Kier alpha value is -2.53. The van der Waals surface area contributed by atoms with Crippen LogP contribution in [-0.2, 0) is 6.61 Å². The smallest absolute Gasteiger partial charge is 0.339 e. The minimum Gasteiger partial charge on any atom is -0.496 e. The van der Waals surface area contributed by atoms with E-state index in [1.807, 2.05) is 0 Å². The molecule has 114 valence electrons. The maximum absolute atomic E-state index is 11.2. The van der Waals surface area contributed by atoms with E-state index in [-0.39, 0.29) is 17.9 Å². The summed E-state index contributed by atoms with van der Waals surface area (Å²) < 4.78 is 10.7. The number of carbonyl (C=O) groups is 2. The SMILES string of the molecule is COc1ccc(C=O)cc1COc1cc(Cl)ccc1C(=O)O. The van der Waals surface area contributed by atoms with Crippen LogP contribution in [0.3, 0.4) is 0 Å². The third-order valence-electron chi connectivity index (χ3n) is 3.00. The number of aldehydes is 1. The molecule has 0 aromatic heterocycles. The summed E-state index contributed by atoms with van der Waals surface area (Å²) in [5.41, 5.74) is 1.11. The van der Waals surface area contributed by atoms with Gasteiger partial charge in [-0.3, -0.25) is 4.79 Å². The van der Waals surface area contributed by atoms with Gasteiger partial charge in [-0.05, 0) is 36.4 Å². The summed E-state index contributed by atoms with van der Waals surface area (Å²) in [6, 6.07) is 9.18. The Labute approximate surface area is 132 Å². The Morgan fingerprint density at radius 1 is 1.23 bits per heavy atom. The van der Waals surface area contributed by atoms with E-state index < -0.39 is 5.97 Å². The number of ether oxygens (including phenoxy) is 2. The summed E-state index contributed by atoms with van der Waals surface area (Å²) in [6.45, 7) is 0.0471. The molecule has 0 amide bonds. The van der Waals surface area contributed by atoms with E-state index in [1.54, 1.807) is 18.2 Å². The molecule has 6 heteroatoms. The number of hydrogen-bond donors (Lipinski definition) is 1. The van der Waals surface area contributed by atoms with Gasteiger partial charge in [-0.25, -0.2) is 4.79 Å². The number of carboxylic acid groups (broad SMARTS) is 1. The summed E-state index contributed by atoms with van der Waals surface area (Å²) in [5.74, 6) is -0.414. The lowest BCUT2D eigenvalue weighted by Gasteiger charge is -2.12. The van der Waals surface area contributed by atoms with Crippen molar-refractivity contribution in [2.24, 2.45) is 0 Å². The first-order valence-electron chi connectivity index (χ1n) is 6.33. The van der Waals surface area contributed by atoms with E-state index >= 15 is 0 Å². The van der Waals surface area contributed by atoms with Crippen molar-refractivity contribution in [2.75, 3.05) is 7.11 Å². The molecule has 0 heterocycles. The molecule has 0 saturated carbocycles. The first-order valence-corrected chi connectivity index (χ1v) is 6.70. The Bertz CT molecular complexity index is 712. The largest absolute Gasteiger partial charge is 0.496 e. The molecule has 5 nitrogen and oxygen atoms in total. The molecule has 0 saturated heterocycles. The van der Waals surface area contributed by atoms with Gasteiger partial charge in [0.05, 0.1) is 7.11 Å². The van der Waals surface area contributed by atoms with Gasteiger partial charge in [0.2, 0.25) is 0 Å². The van der Waals surface area contributed by atoms with Crippen molar-refractivity contribution in [1.29, 1.82) is 0 Å². The van der Waals surface area contributed by atoms with Gasteiger partial charge >= 0.3 is 5.97 Å².